The Bertz CT molecular complexity index is 298. The molecule has 0 bridgehead atoms. The van der Waals surface area contributed by atoms with Gasteiger partial charge in [-0.3, -0.25) is 0 Å². The Hall–Kier alpha value is -0.580. The van der Waals surface area contributed by atoms with Gasteiger partial charge in [0.2, 0.25) is 0 Å². The van der Waals surface area contributed by atoms with Gasteiger partial charge < -0.3 is 14.6 Å². The van der Waals surface area contributed by atoms with E-state index >= 15 is 0 Å². The van der Waals surface area contributed by atoms with E-state index in [0.717, 1.165) is 10.2 Å². The van der Waals surface area contributed by atoms with Crippen molar-refractivity contribution >= 4 is 15.9 Å². The van der Waals surface area contributed by atoms with Crippen molar-refractivity contribution in [2.45, 2.75) is 26.1 Å². The maximum absolute atomic E-state index is 9.55. The highest BCUT2D eigenvalue weighted by Crippen LogP contribution is 2.16. The van der Waals surface area contributed by atoms with Crippen LogP contribution in [0.3, 0.4) is 0 Å². The minimum atomic E-state index is -0.592. The van der Waals surface area contributed by atoms with Crippen molar-refractivity contribution < 1.29 is 14.6 Å². The van der Waals surface area contributed by atoms with Crippen LogP contribution in [0.1, 0.15) is 13.8 Å². The van der Waals surface area contributed by atoms with Crippen LogP contribution in [0.15, 0.2) is 28.7 Å². The van der Waals surface area contributed by atoms with Gasteiger partial charge in [0, 0.05) is 4.47 Å². The summed E-state index contributed by atoms with van der Waals surface area (Å²) in [5.74, 6) is 0.742. The molecule has 1 N–H and O–H groups in total. The van der Waals surface area contributed by atoms with Crippen molar-refractivity contribution in [3.05, 3.63) is 28.7 Å². The molecule has 1 rings (SSSR count). The lowest BCUT2D eigenvalue weighted by Gasteiger charge is -2.14. The average Bonchev–Trinajstić information content (AvgIpc) is 2.25. The first-order chi connectivity index (χ1) is 7.58. The lowest BCUT2D eigenvalue weighted by Crippen LogP contribution is -2.25. The van der Waals surface area contributed by atoms with Gasteiger partial charge in [-0.2, -0.15) is 0 Å². The van der Waals surface area contributed by atoms with Gasteiger partial charge in [-0.25, -0.2) is 0 Å². The third-order valence-electron chi connectivity index (χ3n) is 1.88. The van der Waals surface area contributed by atoms with E-state index in [0.29, 0.717) is 6.61 Å². The molecule has 0 heterocycles. The molecule has 0 aromatic heterocycles. The van der Waals surface area contributed by atoms with E-state index in [4.69, 9.17) is 9.47 Å². The van der Waals surface area contributed by atoms with Crippen LogP contribution in [0, 0.1) is 0 Å². The van der Waals surface area contributed by atoms with Gasteiger partial charge in [0.05, 0.1) is 12.7 Å². The summed E-state index contributed by atoms with van der Waals surface area (Å²) in [6.07, 6.45) is -0.464. The quantitative estimate of drug-likeness (QED) is 0.875. The molecule has 1 aromatic rings. The van der Waals surface area contributed by atoms with Crippen LogP contribution in [0.2, 0.25) is 0 Å². The van der Waals surface area contributed by atoms with Gasteiger partial charge in [-0.1, -0.05) is 15.9 Å². The van der Waals surface area contributed by atoms with Gasteiger partial charge in [0.15, 0.2) is 0 Å². The number of benzene rings is 1. The first-order valence-corrected chi connectivity index (χ1v) is 6.05. The van der Waals surface area contributed by atoms with Crippen molar-refractivity contribution in [2.24, 2.45) is 0 Å². The second-order valence-corrected chi connectivity index (χ2v) is 4.72. The fraction of sp³-hybridized carbons (Fsp3) is 0.500. The van der Waals surface area contributed by atoms with Crippen molar-refractivity contribution in [3.8, 4) is 5.75 Å². The van der Waals surface area contributed by atoms with E-state index in [9.17, 15) is 5.11 Å². The van der Waals surface area contributed by atoms with E-state index < -0.39 is 6.10 Å². The van der Waals surface area contributed by atoms with Gasteiger partial charge >= 0.3 is 0 Å². The van der Waals surface area contributed by atoms with Crippen molar-refractivity contribution in [2.75, 3.05) is 13.2 Å². The Kier molecular flexibility index (Phi) is 5.80. The summed E-state index contributed by atoms with van der Waals surface area (Å²) in [7, 11) is 0. The van der Waals surface area contributed by atoms with Crippen LogP contribution in [0.25, 0.3) is 0 Å². The molecule has 3 nitrogen and oxygen atoms in total. The topological polar surface area (TPSA) is 38.7 Å². The number of aliphatic hydroxyl groups is 1. The zero-order valence-corrected chi connectivity index (χ0v) is 11.1. The smallest absolute Gasteiger partial charge is 0.119 e. The van der Waals surface area contributed by atoms with Crippen molar-refractivity contribution in [3.63, 3.8) is 0 Å². The zero-order valence-electron chi connectivity index (χ0n) is 9.52. The second kappa shape index (κ2) is 6.89. The van der Waals surface area contributed by atoms with Crippen LogP contribution < -0.4 is 4.74 Å². The molecule has 0 amide bonds. The summed E-state index contributed by atoms with van der Waals surface area (Å²) >= 11 is 3.34. The number of rotatable bonds is 6. The number of aliphatic hydroxyl groups excluding tert-OH is 1. The highest BCUT2D eigenvalue weighted by atomic mass is 79.9. The van der Waals surface area contributed by atoms with Gasteiger partial charge in [0.25, 0.3) is 0 Å². The molecule has 1 aromatic carbocycles. The highest BCUT2D eigenvalue weighted by Gasteiger charge is 2.06. The first kappa shape index (κ1) is 13.5. The molecule has 0 aliphatic carbocycles. The predicted molar refractivity (Wildman–Crippen MR) is 66.7 cm³/mol. The van der Waals surface area contributed by atoms with Crippen LogP contribution in [0.5, 0.6) is 5.75 Å². The van der Waals surface area contributed by atoms with Crippen LogP contribution in [-0.4, -0.2) is 30.5 Å². The summed E-state index contributed by atoms with van der Waals surface area (Å²) in [5.41, 5.74) is 0. The summed E-state index contributed by atoms with van der Waals surface area (Å²) in [4.78, 5) is 0. The molecule has 1 atom stereocenters. The lowest BCUT2D eigenvalue weighted by molar-refractivity contribution is -0.0122. The SMILES string of the molecule is CC(C)OCC(O)COc1ccc(Br)cc1. The van der Waals surface area contributed by atoms with Gasteiger partial charge in [-0.05, 0) is 38.1 Å². The molecule has 0 aliphatic rings. The van der Waals surface area contributed by atoms with Crippen LogP contribution >= 0.6 is 15.9 Å². The van der Waals surface area contributed by atoms with E-state index in [1.165, 1.54) is 0 Å². The Morgan fingerprint density at radius 3 is 2.38 bits per heavy atom. The van der Waals surface area contributed by atoms with Gasteiger partial charge in [0.1, 0.15) is 18.5 Å². The molecular weight excluding hydrogens is 272 g/mol. The number of halogens is 1. The Balaban J connectivity index is 2.26. The lowest BCUT2D eigenvalue weighted by atomic mass is 10.3. The van der Waals surface area contributed by atoms with E-state index in [-0.39, 0.29) is 12.7 Å². The standard InChI is InChI=1S/C12H17BrO3/c1-9(2)15-7-11(14)8-16-12-5-3-10(13)4-6-12/h3-6,9,11,14H,7-8H2,1-2H3. The summed E-state index contributed by atoms with van der Waals surface area (Å²) in [5, 5.41) is 9.55. The first-order valence-electron chi connectivity index (χ1n) is 5.26. The average molecular weight is 289 g/mol. The van der Waals surface area contributed by atoms with Gasteiger partial charge in [-0.15, -0.1) is 0 Å². The minimum Gasteiger partial charge on any atom is -0.491 e. The summed E-state index contributed by atoms with van der Waals surface area (Å²) < 4.78 is 11.7. The highest BCUT2D eigenvalue weighted by molar-refractivity contribution is 9.10. The molecule has 0 fully saturated rings. The Morgan fingerprint density at radius 1 is 1.19 bits per heavy atom. The summed E-state index contributed by atoms with van der Waals surface area (Å²) in [6.45, 7) is 4.41. The molecule has 0 saturated carbocycles. The van der Waals surface area contributed by atoms with Crippen LogP contribution in [-0.2, 0) is 4.74 Å². The normalized spacial score (nSPS) is 12.8. The maximum Gasteiger partial charge on any atom is 0.119 e. The van der Waals surface area contributed by atoms with Crippen molar-refractivity contribution in [1.82, 2.24) is 0 Å². The summed E-state index contributed by atoms with van der Waals surface area (Å²) in [6, 6.07) is 7.48. The zero-order chi connectivity index (χ0) is 12.0. The monoisotopic (exact) mass is 288 g/mol. The molecule has 0 aliphatic heterocycles. The third-order valence-corrected chi connectivity index (χ3v) is 2.41. The Morgan fingerprint density at radius 2 is 1.81 bits per heavy atom. The number of hydrogen-bond acceptors (Lipinski definition) is 3. The minimum absolute atomic E-state index is 0.127. The molecular formula is C12H17BrO3. The fourth-order valence-corrected chi connectivity index (χ4v) is 1.34. The number of ether oxygens (including phenoxy) is 2. The number of hydrogen-bond donors (Lipinski definition) is 1. The molecule has 0 radical (unpaired) electrons. The fourth-order valence-electron chi connectivity index (χ4n) is 1.07. The van der Waals surface area contributed by atoms with Crippen LogP contribution in [0.4, 0.5) is 0 Å². The second-order valence-electron chi connectivity index (χ2n) is 3.80. The van der Waals surface area contributed by atoms with E-state index in [2.05, 4.69) is 15.9 Å². The molecule has 16 heavy (non-hydrogen) atoms. The molecule has 4 heteroatoms. The largest absolute Gasteiger partial charge is 0.491 e. The van der Waals surface area contributed by atoms with E-state index in [1.54, 1.807) is 0 Å². The molecule has 0 spiro atoms. The molecule has 1 unspecified atom stereocenters. The molecule has 90 valence electrons. The molecule has 0 saturated heterocycles. The Labute approximate surface area is 105 Å². The van der Waals surface area contributed by atoms with E-state index in [1.807, 2.05) is 38.1 Å². The predicted octanol–water partition coefficient (Wildman–Crippen LogP) is 2.61. The maximum atomic E-state index is 9.55. The van der Waals surface area contributed by atoms with Crippen molar-refractivity contribution in [1.29, 1.82) is 0 Å². The third kappa shape index (κ3) is 5.49.